The quantitative estimate of drug-likeness (QED) is 0.826. The van der Waals surface area contributed by atoms with Crippen LogP contribution >= 0.6 is 0 Å². The number of H-pyrrole nitrogens is 1. The van der Waals surface area contributed by atoms with Crippen LogP contribution < -0.4 is 15.8 Å². The van der Waals surface area contributed by atoms with E-state index in [-0.39, 0.29) is 23.1 Å². The third kappa shape index (κ3) is 4.65. The molecule has 8 heteroatoms. The number of amides is 1. The Morgan fingerprint density at radius 1 is 1.15 bits per heavy atom. The average molecular weight is 364 g/mol. The van der Waals surface area contributed by atoms with E-state index in [1.165, 1.54) is 12.1 Å². The molecule has 1 atom stereocenters. The fourth-order valence-electron chi connectivity index (χ4n) is 2.47. The first-order valence-electron chi connectivity index (χ1n) is 8.16. The van der Waals surface area contributed by atoms with Gasteiger partial charge in [-0.3, -0.25) is 14.6 Å². The molecule has 0 fully saturated rings. The number of hydrogen-bond acceptors (Lipinski definition) is 4. The number of alkyl halides is 2. The maximum atomic E-state index is 12.7. The molecular weight excluding hydrogens is 342 g/mol. The van der Waals surface area contributed by atoms with E-state index in [1.807, 2.05) is 13.8 Å². The third-order valence-corrected chi connectivity index (χ3v) is 3.89. The van der Waals surface area contributed by atoms with Gasteiger partial charge in [0.2, 0.25) is 5.95 Å². The van der Waals surface area contributed by atoms with Gasteiger partial charge in [-0.15, -0.1) is 0 Å². The fraction of sp³-hybridized carbons (Fsp3) is 0.389. The molecule has 0 saturated heterocycles. The summed E-state index contributed by atoms with van der Waals surface area (Å²) in [5.41, 5.74) is 0.188. The number of aromatic amines is 1. The summed E-state index contributed by atoms with van der Waals surface area (Å²) in [5.74, 6) is -0.229. The van der Waals surface area contributed by atoms with E-state index in [0.29, 0.717) is 5.56 Å². The summed E-state index contributed by atoms with van der Waals surface area (Å²) in [6, 6.07) is 6.55. The minimum Gasteiger partial charge on any atom is -0.348 e. The molecule has 6 nitrogen and oxygen atoms in total. The summed E-state index contributed by atoms with van der Waals surface area (Å²) < 4.78 is 25.4. The van der Waals surface area contributed by atoms with Gasteiger partial charge in [-0.05, 0) is 11.5 Å². The number of anilines is 1. The van der Waals surface area contributed by atoms with Gasteiger partial charge in [0.1, 0.15) is 5.69 Å². The number of hydrogen-bond donors (Lipinski definition) is 2. The number of nitrogens with one attached hydrogen (secondary N) is 2. The van der Waals surface area contributed by atoms with Crippen molar-refractivity contribution >= 4 is 11.9 Å². The normalized spacial score (nSPS) is 12.3. The predicted octanol–water partition coefficient (Wildman–Crippen LogP) is 2.90. The second-order valence-electron chi connectivity index (χ2n) is 6.51. The molecule has 0 bridgehead atoms. The molecular formula is C18H22F2N4O2. The molecule has 0 spiro atoms. The van der Waals surface area contributed by atoms with E-state index in [2.05, 4.69) is 15.3 Å². The van der Waals surface area contributed by atoms with Crippen LogP contribution in [0.4, 0.5) is 14.7 Å². The number of rotatable bonds is 6. The number of carbonyl (C=O) groups excluding carboxylic acids is 1. The van der Waals surface area contributed by atoms with Gasteiger partial charge in [0.05, 0.1) is 6.04 Å². The van der Waals surface area contributed by atoms with Crippen LogP contribution in [0.1, 0.15) is 47.9 Å². The Morgan fingerprint density at radius 2 is 1.73 bits per heavy atom. The summed E-state index contributed by atoms with van der Waals surface area (Å²) in [5, 5.41) is 2.83. The Morgan fingerprint density at radius 3 is 2.23 bits per heavy atom. The van der Waals surface area contributed by atoms with Gasteiger partial charge in [-0.25, -0.2) is 13.8 Å². The fourth-order valence-corrected chi connectivity index (χ4v) is 2.47. The molecule has 26 heavy (non-hydrogen) atoms. The third-order valence-electron chi connectivity index (χ3n) is 3.89. The van der Waals surface area contributed by atoms with Crippen molar-refractivity contribution in [3.63, 3.8) is 0 Å². The minimum absolute atomic E-state index is 0.00617. The van der Waals surface area contributed by atoms with E-state index in [4.69, 9.17) is 0 Å². The number of carbonyl (C=O) groups is 1. The van der Waals surface area contributed by atoms with Crippen LogP contribution in [0, 0.1) is 5.92 Å². The van der Waals surface area contributed by atoms with E-state index in [1.54, 1.807) is 31.1 Å². The van der Waals surface area contributed by atoms with Gasteiger partial charge in [0, 0.05) is 25.7 Å². The van der Waals surface area contributed by atoms with Gasteiger partial charge in [-0.2, -0.15) is 0 Å². The first-order chi connectivity index (χ1) is 12.2. The molecule has 0 radical (unpaired) electrons. The topological polar surface area (TPSA) is 78.1 Å². The van der Waals surface area contributed by atoms with Crippen molar-refractivity contribution in [1.82, 2.24) is 15.3 Å². The van der Waals surface area contributed by atoms with Crippen molar-refractivity contribution < 1.29 is 13.6 Å². The van der Waals surface area contributed by atoms with Crippen LogP contribution in [-0.2, 0) is 0 Å². The molecule has 1 heterocycles. The number of halogens is 2. The van der Waals surface area contributed by atoms with Crippen LogP contribution in [0.5, 0.6) is 0 Å². The molecule has 1 aromatic carbocycles. The highest BCUT2D eigenvalue weighted by molar-refractivity contribution is 5.92. The van der Waals surface area contributed by atoms with Gasteiger partial charge in [0.15, 0.2) is 0 Å². The van der Waals surface area contributed by atoms with Crippen molar-refractivity contribution in [3.05, 3.63) is 57.5 Å². The monoisotopic (exact) mass is 364 g/mol. The predicted molar refractivity (Wildman–Crippen MR) is 95.6 cm³/mol. The summed E-state index contributed by atoms with van der Waals surface area (Å²) in [6.07, 6.45) is -2.54. The molecule has 0 unspecified atom stereocenters. The van der Waals surface area contributed by atoms with Crippen LogP contribution in [0.15, 0.2) is 35.1 Å². The molecule has 0 aliphatic rings. The number of aromatic nitrogens is 2. The van der Waals surface area contributed by atoms with E-state index < -0.39 is 23.9 Å². The lowest BCUT2D eigenvalue weighted by Gasteiger charge is -2.23. The Kier molecular flexibility index (Phi) is 6.07. The van der Waals surface area contributed by atoms with Crippen LogP contribution in [0.3, 0.4) is 0 Å². The average Bonchev–Trinajstić information content (AvgIpc) is 2.58. The Labute approximate surface area is 150 Å². The lowest BCUT2D eigenvalue weighted by molar-refractivity contribution is 0.0920. The number of benzene rings is 1. The van der Waals surface area contributed by atoms with E-state index in [9.17, 15) is 18.4 Å². The summed E-state index contributed by atoms with van der Waals surface area (Å²) in [7, 11) is 3.39. The highest BCUT2D eigenvalue weighted by atomic mass is 19.3. The Hall–Kier alpha value is -2.77. The molecule has 1 amide bonds. The van der Waals surface area contributed by atoms with Crippen LogP contribution in [0.2, 0.25) is 0 Å². The van der Waals surface area contributed by atoms with Crippen molar-refractivity contribution in [2.24, 2.45) is 5.92 Å². The van der Waals surface area contributed by atoms with Crippen molar-refractivity contribution in [3.8, 4) is 0 Å². The summed E-state index contributed by atoms with van der Waals surface area (Å²) >= 11 is 0. The first-order valence-corrected chi connectivity index (χ1v) is 8.16. The minimum atomic E-state index is -2.54. The summed E-state index contributed by atoms with van der Waals surface area (Å²) in [4.78, 5) is 32.6. The van der Waals surface area contributed by atoms with Crippen LogP contribution in [-0.4, -0.2) is 30.0 Å². The van der Waals surface area contributed by atoms with Crippen molar-refractivity contribution in [2.75, 3.05) is 19.0 Å². The number of nitrogens with zero attached hydrogens (tertiary/aromatic N) is 2. The zero-order valence-corrected chi connectivity index (χ0v) is 15.1. The highest BCUT2D eigenvalue weighted by Crippen LogP contribution is 2.25. The molecule has 2 N–H and O–H groups in total. The Balaban J connectivity index is 2.27. The van der Waals surface area contributed by atoms with Gasteiger partial charge < -0.3 is 10.2 Å². The largest absolute Gasteiger partial charge is 0.348 e. The molecule has 140 valence electrons. The molecule has 2 aromatic rings. The Bertz CT molecular complexity index is 817. The molecule has 2 rings (SSSR count). The van der Waals surface area contributed by atoms with Crippen molar-refractivity contribution in [1.29, 1.82) is 0 Å². The zero-order chi connectivity index (χ0) is 19.4. The molecule has 0 aliphatic heterocycles. The van der Waals surface area contributed by atoms with E-state index >= 15 is 0 Å². The van der Waals surface area contributed by atoms with Gasteiger partial charge in [0.25, 0.3) is 17.9 Å². The second kappa shape index (κ2) is 8.07. The second-order valence-corrected chi connectivity index (χ2v) is 6.51. The standard InChI is InChI=1S/C18H22F2N4O2/c1-10(2)15(11-5-7-12(8-6-11)16(19)20)23-17(26)13-9-14(25)22-18(21-13)24(3)4/h5-10,15-16H,1-4H3,(H,23,26)(H,21,22,25)/t15-/m1/s1. The zero-order valence-electron chi connectivity index (χ0n) is 15.1. The maximum Gasteiger partial charge on any atom is 0.270 e. The molecule has 0 aliphatic carbocycles. The lowest BCUT2D eigenvalue weighted by atomic mass is 9.95. The van der Waals surface area contributed by atoms with Gasteiger partial charge in [-0.1, -0.05) is 38.1 Å². The highest BCUT2D eigenvalue weighted by Gasteiger charge is 2.21. The lowest BCUT2D eigenvalue weighted by Crippen LogP contribution is -2.33. The van der Waals surface area contributed by atoms with Crippen molar-refractivity contribution in [2.45, 2.75) is 26.3 Å². The first kappa shape index (κ1) is 19.6. The SMILES string of the molecule is CC(C)[C@@H](NC(=O)c1cc(=O)[nH]c(N(C)C)n1)c1ccc(C(F)F)cc1. The smallest absolute Gasteiger partial charge is 0.270 e. The van der Waals surface area contributed by atoms with E-state index in [0.717, 1.165) is 6.07 Å². The maximum absolute atomic E-state index is 12.7. The summed E-state index contributed by atoms with van der Waals surface area (Å²) in [6.45, 7) is 3.81. The van der Waals surface area contributed by atoms with Crippen LogP contribution in [0.25, 0.3) is 0 Å². The molecule has 0 saturated carbocycles. The van der Waals surface area contributed by atoms with Gasteiger partial charge >= 0.3 is 0 Å². The molecule has 1 aromatic heterocycles.